The molecule has 5 atom stereocenters. The van der Waals surface area contributed by atoms with Crippen LogP contribution in [0, 0.1) is 5.92 Å². The van der Waals surface area contributed by atoms with Crippen molar-refractivity contribution >= 4 is 23.7 Å². The first kappa shape index (κ1) is 23.8. The van der Waals surface area contributed by atoms with Gasteiger partial charge in [-0.15, -0.1) is 0 Å². The highest BCUT2D eigenvalue weighted by Gasteiger charge is 2.36. The van der Waals surface area contributed by atoms with Crippen LogP contribution in [0.3, 0.4) is 0 Å². The molecule has 0 aromatic heterocycles. The smallest absolute Gasteiger partial charge is 0.0789 e. The van der Waals surface area contributed by atoms with Crippen LogP contribution in [-0.2, 0) is 0 Å². The largest absolute Gasteiger partial charge is 0.284 e. The standard InChI is InChI=1S/C40H30N2/c1-5-16-31-27(12-1)29-14-3-7-18-33(29)37-23-41-39(21-35(31)37)25-10-9-11-26(20-25)40-22-36-32-17-6-2-13-28(32)30-15-4-8-19-34(30)38(36)24-42-40/h1-21,23-24,30,34-35,37,40H,22H2. The lowest BCUT2D eigenvalue weighted by atomic mass is 9.68. The van der Waals surface area contributed by atoms with Crippen LogP contribution in [0.2, 0.25) is 0 Å². The quantitative estimate of drug-likeness (QED) is 0.243. The molecule has 0 saturated heterocycles. The summed E-state index contributed by atoms with van der Waals surface area (Å²) in [4.78, 5) is 10.2. The molecular formula is C40H30N2. The van der Waals surface area contributed by atoms with Crippen LogP contribution in [0.1, 0.15) is 63.6 Å². The highest BCUT2D eigenvalue weighted by atomic mass is 14.8. The fraction of sp³-hybridized carbons (Fsp3) is 0.150. The molecule has 0 spiro atoms. The highest BCUT2D eigenvalue weighted by Crippen LogP contribution is 2.51. The first-order valence-corrected chi connectivity index (χ1v) is 15.1. The number of nitrogens with zero attached hydrogens (tertiary/aromatic N) is 2. The molecule has 2 heteroatoms. The number of allylic oxidation sites excluding steroid dienone is 6. The monoisotopic (exact) mass is 538 g/mol. The maximum atomic E-state index is 5.16. The van der Waals surface area contributed by atoms with Gasteiger partial charge in [-0.05, 0) is 68.7 Å². The van der Waals surface area contributed by atoms with Gasteiger partial charge in [0.25, 0.3) is 0 Å². The van der Waals surface area contributed by atoms with Crippen molar-refractivity contribution in [3.05, 3.63) is 166 Å². The molecule has 0 N–H and O–H groups in total. The number of hydrogen-bond acceptors (Lipinski definition) is 2. The van der Waals surface area contributed by atoms with Gasteiger partial charge in [0.2, 0.25) is 0 Å². The van der Waals surface area contributed by atoms with Crippen molar-refractivity contribution in [1.82, 2.24) is 0 Å². The van der Waals surface area contributed by atoms with Crippen molar-refractivity contribution in [2.24, 2.45) is 15.9 Å². The van der Waals surface area contributed by atoms with Crippen LogP contribution >= 0.6 is 0 Å². The van der Waals surface area contributed by atoms with E-state index in [2.05, 4.69) is 140 Å². The molecule has 200 valence electrons. The minimum absolute atomic E-state index is 0.0969. The van der Waals surface area contributed by atoms with E-state index in [9.17, 15) is 0 Å². The summed E-state index contributed by atoms with van der Waals surface area (Å²) in [5.41, 5.74) is 14.6. The van der Waals surface area contributed by atoms with Crippen molar-refractivity contribution in [3.63, 3.8) is 0 Å². The summed E-state index contributed by atoms with van der Waals surface area (Å²) < 4.78 is 0. The molecule has 2 aliphatic heterocycles. The van der Waals surface area contributed by atoms with E-state index >= 15 is 0 Å². The molecule has 0 radical (unpaired) electrons. The maximum absolute atomic E-state index is 5.16. The first-order valence-electron chi connectivity index (χ1n) is 15.1. The minimum atomic E-state index is 0.0969. The molecule has 2 nitrogen and oxygen atoms in total. The molecule has 3 aliphatic carbocycles. The lowest BCUT2D eigenvalue weighted by Gasteiger charge is -2.37. The lowest BCUT2D eigenvalue weighted by molar-refractivity contribution is 0.647. The molecule has 0 fully saturated rings. The second-order valence-electron chi connectivity index (χ2n) is 12.0. The van der Waals surface area contributed by atoms with Gasteiger partial charge in [-0.2, -0.15) is 0 Å². The Hall–Kier alpha value is -4.82. The topological polar surface area (TPSA) is 24.7 Å². The summed E-state index contributed by atoms with van der Waals surface area (Å²) in [6, 6.07) is 35.7. The van der Waals surface area contributed by atoms with Gasteiger partial charge in [0.05, 0.1) is 11.7 Å². The predicted molar refractivity (Wildman–Crippen MR) is 174 cm³/mol. The zero-order chi connectivity index (χ0) is 27.6. The van der Waals surface area contributed by atoms with Crippen LogP contribution in [-0.4, -0.2) is 12.4 Å². The third-order valence-electron chi connectivity index (χ3n) is 9.87. The molecule has 5 unspecified atom stereocenters. The Kier molecular flexibility index (Phi) is 5.31. The predicted octanol–water partition coefficient (Wildman–Crippen LogP) is 9.47. The van der Waals surface area contributed by atoms with E-state index in [1.54, 1.807) is 0 Å². The van der Waals surface area contributed by atoms with Gasteiger partial charge in [0.1, 0.15) is 0 Å². The van der Waals surface area contributed by atoms with E-state index in [0.717, 1.165) is 17.7 Å². The van der Waals surface area contributed by atoms with Gasteiger partial charge in [-0.25, -0.2) is 0 Å². The summed E-state index contributed by atoms with van der Waals surface area (Å²) in [5, 5.41) is 0. The van der Waals surface area contributed by atoms with Crippen LogP contribution in [0.25, 0.3) is 22.4 Å². The highest BCUT2D eigenvalue weighted by molar-refractivity contribution is 5.97. The zero-order valence-corrected chi connectivity index (χ0v) is 23.3. The van der Waals surface area contributed by atoms with Crippen LogP contribution in [0.5, 0.6) is 0 Å². The molecule has 4 aromatic carbocycles. The van der Waals surface area contributed by atoms with Gasteiger partial charge < -0.3 is 0 Å². The van der Waals surface area contributed by atoms with Crippen molar-refractivity contribution in [1.29, 1.82) is 0 Å². The summed E-state index contributed by atoms with van der Waals surface area (Å²) in [7, 11) is 0. The number of hydrogen-bond donors (Lipinski definition) is 0. The summed E-state index contributed by atoms with van der Waals surface area (Å²) in [6.45, 7) is 0. The number of dihydropyridines is 1. The van der Waals surface area contributed by atoms with E-state index in [1.807, 2.05) is 0 Å². The Labute approximate surface area is 246 Å². The van der Waals surface area contributed by atoms with Gasteiger partial charge >= 0.3 is 0 Å². The van der Waals surface area contributed by atoms with Crippen LogP contribution in [0.15, 0.2) is 143 Å². The van der Waals surface area contributed by atoms with Crippen molar-refractivity contribution in [2.45, 2.75) is 30.2 Å². The maximum Gasteiger partial charge on any atom is 0.0789 e. The molecule has 4 aromatic rings. The van der Waals surface area contributed by atoms with E-state index in [0.29, 0.717) is 11.8 Å². The van der Waals surface area contributed by atoms with E-state index in [1.165, 1.54) is 50.1 Å². The van der Waals surface area contributed by atoms with Gasteiger partial charge in [0, 0.05) is 41.7 Å². The third kappa shape index (κ3) is 3.58. The van der Waals surface area contributed by atoms with Gasteiger partial charge in [-0.1, -0.05) is 115 Å². The molecule has 2 heterocycles. The Bertz CT molecular complexity index is 1950. The second kappa shape index (κ2) is 9.36. The van der Waals surface area contributed by atoms with Gasteiger partial charge in [0.15, 0.2) is 0 Å². The number of fused-ring (bicyclic) bond motifs is 11. The summed E-state index contributed by atoms with van der Waals surface area (Å²) in [5.74, 6) is 1.30. The van der Waals surface area contributed by atoms with Crippen LogP contribution in [0.4, 0.5) is 0 Å². The fourth-order valence-corrected chi connectivity index (χ4v) is 7.90. The molecule has 42 heavy (non-hydrogen) atoms. The Morgan fingerprint density at radius 3 is 2.05 bits per heavy atom. The Balaban J connectivity index is 1.06. The summed E-state index contributed by atoms with van der Waals surface area (Å²) >= 11 is 0. The second-order valence-corrected chi connectivity index (χ2v) is 12.0. The average Bonchev–Trinajstić information content (AvgIpc) is 3.08. The van der Waals surface area contributed by atoms with Crippen molar-refractivity contribution in [2.75, 3.05) is 0 Å². The number of aliphatic imine (C=N–C) groups is 2. The number of rotatable bonds is 2. The zero-order valence-electron chi connectivity index (χ0n) is 23.3. The molecule has 0 amide bonds. The molecule has 0 saturated carbocycles. The molecule has 0 bridgehead atoms. The molecule has 9 rings (SSSR count). The van der Waals surface area contributed by atoms with E-state index < -0.39 is 0 Å². The third-order valence-corrected chi connectivity index (χ3v) is 9.87. The van der Waals surface area contributed by atoms with Crippen LogP contribution < -0.4 is 0 Å². The summed E-state index contributed by atoms with van der Waals surface area (Å²) in [6.07, 6.45) is 16.7. The number of benzene rings is 4. The first-order chi connectivity index (χ1) is 20.8. The van der Waals surface area contributed by atoms with Crippen molar-refractivity contribution in [3.8, 4) is 11.1 Å². The molecule has 5 aliphatic rings. The lowest BCUT2D eigenvalue weighted by Crippen LogP contribution is -2.24. The van der Waals surface area contributed by atoms with E-state index in [-0.39, 0.29) is 17.9 Å². The van der Waals surface area contributed by atoms with Gasteiger partial charge in [-0.3, -0.25) is 9.98 Å². The SMILES string of the molecule is C1=CC2C3=C(CC(c4cccc(C5=CC6c7ccccc7-c7ccccc7C6C=N5)c4)N=C3)c3ccccc3C2C=C1. The Morgan fingerprint density at radius 2 is 1.26 bits per heavy atom. The normalized spacial score (nSPS) is 25.9. The molecular weight excluding hydrogens is 508 g/mol. The van der Waals surface area contributed by atoms with E-state index in [4.69, 9.17) is 9.98 Å². The average molecular weight is 539 g/mol. The van der Waals surface area contributed by atoms with Crippen molar-refractivity contribution < 1.29 is 0 Å². The fourth-order valence-electron chi connectivity index (χ4n) is 7.90. The Morgan fingerprint density at radius 1 is 0.595 bits per heavy atom. The minimum Gasteiger partial charge on any atom is -0.284 e.